The van der Waals surface area contributed by atoms with Gasteiger partial charge in [-0.3, -0.25) is 9.79 Å². The molecule has 0 aliphatic carbocycles. The summed E-state index contributed by atoms with van der Waals surface area (Å²) >= 11 is 7.03. The largest absolute Gasteiger partial charge is 0.481 e. The van der Waals surface area contributed by atoms with Crippen molar-refractivity contribution >= 4 is 55.4 Å². The zero-order chi connectivity index (χ0) is 20.8. The summed E-state index contributed by atoms with van der Waals surface area (Å²) in [6.45, 7) is 4.06. The number of aliphatic imine (C=N–C) groups is 1. The summed E-state index contributed by atoms with van der Waals surface area (Å²) in [5.74, 6) is 0.340. The van der Waals surface area contributed by atoms with Gasteiger partial charge in [0.05, 0.1) is 14.6 Å². The Hall–Kier alpha value is -2.44. The molecule has 3 aromatic rings. The second-order valence-corrected chi connectivity index (χ2v) is 8.25. The van der Waals surface area contributed by atoms with Crippen LogP contribution in [-0.4, -0.2) is 18.7 Å². The molecular formula is C23H20Br2N2O2. The molecule has 0 aromatic heterocycles. The Bertz CT molecular complexity index is 1030. The summed E-state index contributed by atoms with van der Waals surface area (Å²) in [5, 5.41) is 2.79. The minimum Gasteiger partial charge on any atom is -0.481 e. The van der Waals surface area contributed by atoms with Crippen LogP contribution >= 0.6 is 31.9 Å². The van der Waals surface area contributed by atoms with E-state index < -0.39 is 0 Å². The van der Waals surface area contributed by atoms with Gasteiger partial charge in [0.2, 0.25) is 0 Å². The van der Waals surface area contributed by atoms with E-state index in [4.69, 9.17) is 4.74 Å². The lowest BCUT2D eigenvalue weighted by Gasteiger charge is -2.11. The van der Waals surface area contributed by atoms with Crippen LogP contribution in [0, 0.1) is 13.8 Å². The normalized spacial score (nSPS) is 10.9. The lowest BCUT2D eigenvalue weighted by atomic mass is 10.1. The van der Waals surface area contributed by atoms with Crippen molar-refractivity contribution in [1.29, 1.82) is 0 Å². The Morgan fingerprint density at radius 1 is 1.00 bits per heavy atom. The van der Waals surface area contributed by atoms with Gasteiger partial charge in [-0.2, -0.15) is 0 Å². The average Bonchev–Trinajstić information content (AvgIpc) is 2.69. The van der Waals surface area contributed by atoms with Gasteiger partial charge in [-0.05, 0) is 98.8 Å². The molecule has 4 nitrogen and oxygen atoms in total. The second-order valence-electron chi connectivity index (χ2n) is 6.54. The number of aryl methyl sites for hydroxylation is 2. The molecule has 0 fully saturated rings. The molecule has 0 atom stereocenters. The lowest BCUT2D eigenvalue weighted by Crippen LogP contribution is -2.20. The molecule has 148 valence electrons. The molecule has 6 heteroatoms. The molecule has 3 aromatic carbocycles. The van der Waals surface area contributed by atoms with Gasteiger partial charge >= 0.3 is 0 Å². The molecule has 3 rings (SSSR count). The Morgan fingerprint density at radius 2 is 1.69 bits per heavy atom. The van der Waals surface area contributed by atoms with Gasteiger partial charge in [-0.1, -0.05) is 24.3 Å². The van der Waals surface area contributed by atoms with E-state index in [2.05, 4.69) is 68.1 Å². The van der Waals surface area contributed by atoms with Crippen LogP contribution in [0.3, 0.4) is 0 Å². The maximum absolute atomic E-state index is 12.1. The Kier molecular flexibility index (Phi) is 7.23. The first-order valence-electron chi connectivity index (χ1n) is 9.00. The van der Waals surface area contributed by atoms with Crippen molar-refractivity contribution in [3.8, 4) is 5.75 Å². The van der Waals surface area contributed by atoms with Crippen molar-refractivity contribution in [3.05, 3.63) is 86.3 Å². The van der Waals surface area contributed by atoms with E-state index in [0.29, 0.717) is 5.75 Å². The number of ether oxygens (including phenoxy) is 1. The van der Waals surface area contributed by atoms with Crippen molar-refractivity contribution in [2.24, 2.45) is 4.99 Å². The predicted octanol–water partition coefficient (Wildman–Crippen LogP) is 6.60. The van der Waals surface area contributed by atoms with E-state index >= 15 is 0 Å². The van der Waals surface area contributed by atoms with Crippen LogP contribution in [0.15, 0.2) is 74.6 Å². The van der Waals surface area contributed by atoms with Crippen LogP contribution in [0.2, 0.25) is 0 Å². The van der Waals surface area contributed by atoms with Crippen molar-refractivity contribution in [1.82, 2.24) is 0 Å². The molecule has 0 unspecified atom stereocenters. The van der Waals surface area contributed by atoms with Crippen LogP contribution in [0.5, 0.6) is 5.75 Å². The maximum Gasteiger partial charge on any atom is 0.262 e. The zero-order valence-corrected chi connectivity index (χ0v) is 19.2. The number of anilines is 1. The van der Waals surface area contributed by atoms with E-state index in [1.54, 1.807) is 6.21 Å². The molecule has 0 aliphatic heterocycles. The van der Waals surface area contributed by atoms with E-state index in [9.17, 15) is 4.79 Å². The zero-order valence-electron chi connectivity index (χ0n) is 16.1. The SMILES string of the molecule is Cc1ccc(N=Cc2cc(Br)c(OCC(=O)Nc3ccccc3)c(Br)c2)cc1C. The molecule has 0 bridgehead atoms. The minimum absolute atomic E-state index is 0.0951. The second kappa shape index (κ2) is 9.85. The number of carbonyl (C=O) groups is 1. The number of hydrogen-bond donors (Lipinski definition) is 1. The van der Waals surface area contributed by atoms with Crippen molar-refractivity contribution in [2.45, 2.75) is 13.8 Å². The summed E-state index contributed by atoms with van der Waals surface area (Å²) in [6, 6.07) is 19.2. The number of amides is 1. The number of para-hydroxylation sites is 1. The maximum atomic E-state index is 12.1. The third-order valence-corrected chi connectivity index (χ3v) is 5.46. The van der Waals surface area contributed by atoms with Gasteiger partial charge in [0.15, 0.2) is 6.61 Å². The molecule has 0 heterocycles. The molecule has 0 aliphatic rings. The van der Waals surface area contributed by atoms with Gasteiger partial charge in [-0.15, -0.1) is 0 Å². The fraction of sp³-hybridized carbons (Fsp3) is 0.130. The fourth-order valence-corrected chi connectivity index (χ4v) is 4.05. The molecule has 29 heavy (non-hydrogen) atoms. The van der Waals surface area contributed by atoms with E-state index in [1.165, 1.54) is 11.1 Å². The number of halogens is 2. The molecule has 0 saturated carbocycles. The number of carbonyl (C=O) groups excluding carboxylic acids is 1. The van der Waals surface area contributed by atoms with E-state index in [1.807, 2.05) is 48.5 Å². The van der Waals surface area contributed by atoms with Gasteiger partial charge < -0.3 is 10.1 Å². The van der Waals surface area contributed by atoms with Crippen molar-refractivity contribution in [2.75, 3.05) is 11.9 Å². The Labute approximate surface area is 187 Å². The monoisotopic (exact) mass is 514 g/mol. The summed E-state index contributed by atoms with van der Waals surface area (Å²) in [4.78, 5) is 16.6. The van der Waals surface area contributed by atoms with Crippen LogP contribution in [0.4, 0.5) is 11.4 Å². The van der Waals surface area contributed by atoms with Crippen molar-refractivity contribution < 1.29 is 9.53 Å². The first-order valence-corrected chi connectivity index (χ1v) is 10.6. The molecule has 1 N–H and O–H groups in total. The minimum atomic E-state index is -0.227. The predicted molar refractivity (Wildman–Crippen MR) is 126 cm³/mol. The van der Waals surface area contributed by atoms with E-state index in [0.717, 1.165) is 25.9 Å². The first-order chi connectivity index (χ1) is 13.9. The van der Waals surface area contributed by atoms with Gasteiger partial charge in [0.25, 0.3) is 5.91 Å². The average molecular weight is 516 g/mol. The van der Waals surface area contributed by atoms with Crippen LogP contribution in [0.25, 0.3) is 0 Å². The van der Waals surface area contributed by atoms with Crippen LogP contribution in [-0.2, 0) is 4.79 Å². The topological polar surface area (TPSA) is 50.7 Å². The summed E-state index contributed by atoms with van der Waals surface area (Å²) < 4.78 is 7.17. The lowest BCUT2D eigenvalue weighted by molar-refractivity contribution is -0.118. The number of hydrogen-bond acceptors (Lipinski definition) is 3. The Balaban J connectivity index is 1.66. The quantitative estimate of drug-likeness (QED) is 0.376. The highest BCUT2D eigenvalue weighted by atomic mass is 79.9. The molecule has 1 amide bonds. The smallest absolute Gasteiger partial charge is 0.262 e. The third-order valence-electron chi connectivity index (χ3n) is 4.28. The highest BCUT2D eigenvalue weighted by Gasteiger charge is 2.11. The van der Waals surface area contributed by atoms with Crippen molar-refractivity contribution in [3.63, 3.8) is 0 Å². The van der Waals surface area contributed by atoms with Crippen LogP contribution in [0.1, 0.15) is 16.7 Å². The summed E-state index contributed by atoms with van der Waals surface area (Å²) in [7, 11) is 0. The number of nitrogens with one attached hydrogen (secondary N) is 1. The van der Waals surface area contributed by atoms with Crippen LogP contribution < -0.4 is 10.1 Å². The summed E-state index contributed by atoms with van der Waals surface area (Å²) in [5.41, 5.74) is 4.99. The first kappa shape index (κ1) is 21.3. The van der Waals surface area contributed by atoms with Gasteiger partial charge in [0, 0.05) is 11.9 Å². The molecular weight excluding hydrogens is 496 g/mol. The van der Waals surface area contributed by atoms with E-state index in [-0.39, 0.29) is 12.5 Å². The standard InChI is InChI=1S/C23H20Br2N2O2/c1-15-8-9-19(10-16(15)2)26-13-17-11-20(24)23(21(25)12-17)29-14-22(28)27-18-6-4-3-5-7-18/h3-13H,14H2,1-2H3,(H,27,28). The highest BCUT2D eigenvalue weighted by molar-refractivity contribution is 9.11. The van der Waals surface area contributed by atoms with Gasteiger partial charge in [0.1, 0.15) is 5.75 Å². The highest BCUT2D eigenvalue weighted by Crippen LogP contribution is 2.34. The fourth-order valence-electron chi connectivity index (χ4n) is 2.60. The molecule has 0 spiro atoms. The number of rotatable bonds is 6. The third kappa shape index (κ3) is 6.02. The molecule has 0 saturated heterocycles. The number of benzene rings is 3. The Morgan fingerprint density at radius 3 is 2.34 bits per heavy atom. The van der Waals surface area contributed by atoms with Gasteiger partial charge in [-0.25, -0.2) is 0 Å². The molecule has 0 radical (unpaired) electrons. The summed E-state index contributed by atoms with van der Waals surface area (Å²) in [6.07, 6.45) is 1.80. The number of nitrogens with zero attached hydrogens (tertiary/aromatic N) is 1.